The second-order valence-electron chi connectivity index (χ2n) is 4.88. The van der Waals surface area contributed by atoms with Crippen LogP contribution in [0.25, 0.3) is 10.1 Å². The largest absolute Gasteiger partial charge is 0.268 e. The van der Waals surface area contributed by atoms with Gasteiger partial charge in [-0.25, -0.2) is 0 Å². The molecule has 1 aromatic heterocycles. The number of benzene rings is 1. The first-order valence-corrected chi connectivity index (χ1v) is 7.04. The van der Waals surface area contributed by atoms with Crippen LogP contribution in [-0.4, -0.2) is 3.96 Å². The smallest absolute Gasteiger partial charge is 0.268 e. The van der Waals surface area contributed by atoms with Crippen molar-refractivity contribution >= 4 is 21.6 Å². The van der Waals surface area contributed by atoms with Gasteiger partial charge in [-0.1, -0.05) is 50.4 Å². The Balaban J connectivity index is 2.04. The van der Waals surface area contributed by atoms with Crippen molar-refractivity contribution in [1.29, 1.82) is 0 Å². The van der Waals surface area contributed by atoms with Crippen LogP contribution >= 0.6 is 11.5 Å². The lowest BCUT2D eigenvalue weighted by Gasteiger charge is -2.03. The first kappa shape index (κ1) is 12.4. The molecule has 0 N–H and O–H groups in total. The molecule has 1 heterocycles. The first-order valence-electron chi connectivity index (χ1n) is 6.27. The molecule has 2 nitrogen and oxygen atoms in total. The summed E-state index contributed by atoms with van der Waals surface area (Å²) in [5, 5.41) is 0.862. The summed E-state index contributed by atoms with van der Waals surface area (Å²) in [4.78, 5) is 12.0. The average Bonchev–Trinajstić information content (AvgIpc) is 2.63. The van der Waals surface area contributed by atoms with Gasteiger partial charge in [-0.3, -0.25) is 8.75 Å². The van der Waals surface area contributed by atoms with E-state index in [2.05, 4.69) is 13.8 Å². The lowest BCUT2D eigenvalue weighted by atomic mass is 10.1. The highest BCUT2D eigenvalue weighted by atomic mass is 32.1. The molecule has 0 spiro atoms. The average molecular weight is 249 g/mol. The summed E-state index contributed by atoms with van der Waals surface area (Å²) in [6, 6.07) is 7.85. The number of aryl methyl sites for hydroxylation is 1. The van der Waals surface area contributed by atoms with Crippen LogP contribution < -0.4 is 5.56 Å². The van der Waals surface area contributed by atoms with Gasteiger partial charge in [-0.05, 0) is 24.5 Å². The molecule has 0 bridgehead atoms. The van der Waals surface area contributed by atoms with E-state index in [1.54, 1.807) is 11.5 Å². The van der Waals surface area contributed by atoms with E-state index in [-0.39, 0.29) is 5.56 Å². The molecule has 2 rings (SSSR count). The Hall–Kier alpha value is -1.09. The van der Waals surface area contributed by atoms with Gasteiger partial charge in [0.05, 0.1) is 10.1 Å². The fourth-order valence-corrected chi connectivity index (χ4v) is 3.00. The van der Waals surface area contributed by atoms with Crippen LogP contribution in [0.4, 0.5) is 0 Å². The van der Waals surface area contributed by atoms with E-state index in [0.717, 1.165) is 29.0 Å². The van der Waals surface area contributed by atoms with Crippen LogP contribution in [0.1, 0.15) is 33.1 Å². The molecular formula is C14H19NOS. The molecule has 0 unspecified atom stereocenters. The van der Waals surface area contributed by atoms with E-state index < -0.39 is 0 Å². The summed E-state index contributed by atoms with van der Waals surface area (Å²) in [6.07, 6.45) is 3.56. The Labute approximate surface area is 106 Å². The number of nitrogens with zero attached hydrogens (tertiary/aromatic N) is 1. The van der Waals surface area contributed by atoms with E-state index in [4.69, 9.17) is 0 Å². The summed E-state index contributed by atoms with van der Waals surface area (Å²) in [7, 11) is 0. The predicted octanol–water partition coefficient (Wildman–Crippen LogP) is 3.89. The van der Waals surface area contributed by atoms with Gasteiger partial charge in [0.1, 0.15) is 0 Å². The van der Waals surface area contributed by atoms with Crippen LogP contribution in [-0.2, 0) is 6.54 Å². The summed E-state index contributed by atoms with van der Waals surface area (Å²) in [6.45, 7) is 5.35. The summed E-state index contributed by atoms with van der Waals surface area (Å²) >= 11 is 1.59. The lowest BCUT2D eigenvalue weighted by molar-refractivity contribution is 0.515. The minimum absolute atomic E-state index is 0.176. The standard InChI is InChI=1S/C14H19NOS/c1-11(2)7-5-6-10-15-14(16)12-8-3-4-9-13(12)17-15/h3-4,8-9,11H,5-7,10H2,1-2H3. The number of unbranched alkanes of at least 4 members (excludes halogenated alkanes) is 1. The molecule has 0 fully saturated rings. The summed E-state index contributed by atoms with van der Waals surface area (Å²) in [5.41, 5.74) is 0.176. The van der Waals surface area contributed by atoms with Crippen molar-refractivity contribution in [2.24, 2.45) is 5.92 Å². The van der Waals surface area contributed by atoms with Crippen LogP contribution in [0.2, 0.25) is 0 Å². The Bertz CT molecular complexity index is 538. The maximum atomic E-state index is 12.0. The minimum atomic E-state index is 0.176. The van der Waals surface area contributed by atoms with Crippen LogP contribution in [0.3, 0.4) is 0 Å². The van der Waals surface area contributed by atoms with Gasteiger partial charge in [0, 0.05) is 6.54 Å². The number of aromatic nitrogens is 1. The van der Waals surface area contributed by atoms with Crippen molar-refractivity contribution in [3.8, 4) is 0 Å². The van der Waals surface area contributed by atoms with Gasteiger partial charge in [-0.2, -0.15) is 0 Å². The Morgan fingerprint density at radius 2 is 2.00 bits per heavy atom. The zero-order chi connectivity index (χ0) is 12.3. The Kier molecular flexibility index (Phi) is 4.00. The molecular weight excluding hydrogens is 230 g/mol. The second kappa shape index (κ2) is 5.50. The zero-order valence-corrected chi connectivity index (χ0v) is 11.3. The monoisotopic (exact) mass is 249 g/mol. The maximum absolute atomic E-state index is 12.0. The third kappa shape index (κ3) is 2.97. The topological polar surface area (TPSA) is 22.0 Å². The molecule has 0 saturated heterocycles. The first-order chi connectivity index (χ1) is 8.18. The van der Waals surface area contributed by atoms with Crippen LogP contribution in [0.5, 0.6) is 0 Å². The number of rotatable bonds is 5. The Morgan fingerprint density at radius 1 is 1.24 bits per heavy atom. The normalized spacial score (nSPS) is 11.5. The van der Waals surface area contributed by atoms with E-state index in [1.165, 1.54) is 12.8 Å². The van der Waals surface area contributed by atoms with E-state index in [9.17, 15) is 4.79 Å². The molecule has 3 heteroatoms. The van der Waals surface area contributed by atoms with E-state index >= 15 is 0 Å². The molecule has 2 aromatic rings. The quantitative estimate of drug-likeness (QED) is 0.737. The molecule has 0 aliphatic carbocycles. The van der Waals surface area contributed by atoms with Gasteiger partial charge in [-0.15, -0.1) is 0 Å². The van der Waals surface area contributed by atoms with Crippen molar-refractivity contribution in [2.45, 2.75) is 39.7 Å². The molecule has 92 valence electrons. The van der Waals surface area contributed by atoms with Crippen molar-refractivity contribution in [3.05, 3.63) is 34.6 Å². The fourth-order valence-electron chi connectivity index (χ4n) is 1.97. The minimum Gasteiger partial charge on any atom is -0.268 e. The predicted molar refractivity (Wildman–Crippen MR) is 74.8 cm³/mol. The highest BCUT2D eigenvalue weighted by molar-refractivity contribution is 7.13. The van der Waals surface area contributed by atoms with E-state index in [1.807, 2.05) is 28.2 Å². The third-order valence-corrected chi connectivity index (χ3v) is 4.07. The molecule has 1 aromatic carbocycles. The summed E-state index contributed by atoms with van der Waals surface area (Å²) < 4.78 is 2.99. The molecule has 17 heavy (non-hydrogen) atoms. The molecule has 0 aliphatic rings. The van der Waals surface area contributed by atoms with Gasteiger partial charge in [0.15, 0.2) is 0 Å². The second-order valence-corrected chi connectivity index (χ2v) is 5.95. The lowest BCUT2D eigenvalue weighted by Crippen LogP contribution is -2.12. The van der Waals surface area contributed by atoms with Crippen molar-refractivity contribution in [2.75, 3.05) is 0 Å². The van der Waals surface area contributed by atoms with Crippen molar-refractivity contribution in [1.82, 2.24) is 3.96 Å². The maximum Gasteiger partial charge on any atom is 0.268 e. The van der Waals surface area contributed by atoms with Crippen LogP contribution in [0.15, 0.2) is 29.1 Å². The molecule has 0 aliphatic heterocycles. The van der Waals surface area contributed by atoms with Gasteiger partial charge in [0.25, 0.3) is 5.56 Å². The zero-order valence-electron chi connectivity index (χ0n) is 10.5. The van der Waals surface area contributed by atoms with E-state index in [0.29, 0.717) is 0 Å². The third-order valence-electron chi connectivity index (χ3n) is 2.95. The van der Waals surface area contributed by atoms with Crippen molar-refractivity contribution in [3.63, 3.8) is 0 Å². The number of fused-ring (bicyclic) bond motifs is 1. The summed E-state index contributed by atoms with van der Waals surface area (Å²) in [5.74, 6) is 0.758. The SMILES string of the molecule is CC(C)CCCCn1sc2ccccc2c1=O. The number of hydrogen-bond donors (Lipinski definition) is 0. The van der Waals surface area contributed by atoms with Gasteiger partial charge < -0.3 is 0 Å². The van der Waals surface area contributed by atoms with Gasteiger partial charge >= 0.3 is 0 Å². The Morgan fingerprint density at radius 3 is 2.71 bits per heavy atom. The fraction of sp³-hybridized carbons (Fsp3) is 0.500. The molecule has 0 amide bonds. The van der Waals surface area contributed by atoms with Gasteiger partial charge in [0.2, 0.25) is 0 Å². The molecule has 0 saturated carbocycles. The van der Waals surface area contributed by atoms with Crippen LogP contribution in [0, 0.1) is 5.92 Å². The molecule has 0 atom stereocenters. The highest BCUT2D eigenvalue weighted by Gasteiger charge is 2.05. The molecule has 0 radical (unpaired) electrons. The number of hydrogen-bond acceptors (Lipinski definition) is 2. The highest BCUT2D eigenvalue weighted by Crippen LogP contribution is 2.16. The van der Waals surface area contributed by atoms with Crippen molar-refractivity contribution < 1.29 is 0 Å².